The summed E-state index contributed by atoms with van der Waals surface area (Å²) in [5, 5.41) is 19.6. The molecule has 1 aliphatic rings. The van der Waals surface area contributed by atoms with Crippen LogP contribution in [0.15, 0.2) is 36.4 Å². The highest BCUT2D eigenvalue weighted by molar-refractivity contribution is 6.20. The van der Waals surface area contributed by atoms with Crippen LogP contribution in [0.3, 0.4) is 0 Å². The third-order valence-electron chi connectivity index (χ3n) is 5.62. The van der Waals surface area contributed by atoms with Gasteiger partial charge in [0.25, 0.3) is 0 Å². The molecule has 0 radical (unpaired) electrons. The van der Waals surface area contributed by atoms with Crippen LogP contribution in [0.25, 0.3) is 10.9 Å². The minimum Gasteiger partial charge on any atom is -0.491 e. The van der Waals surface area contributed by atoms with Gasteiger partial charge in [0.05, 0.1) is 11.7 Å². The van der Waals surface area contributed by atoms with E-state index >= 15 is 0 Å². The number of fused-ring (bicyclic) bond motifs is 4. The number of aliphatic hydroxyl groups excluding tert-OH is 2. The second-order valence-corrected chi connectivity index (χ2v) is 8.06. The highest BCUT2D eigenvalue weighted by atomic mass is 16.5. The van der Waals surface area contributed by atoms with Crippen LogP contribution in [-0.2, 0) is 5.41 Å². The van der Waals surface area contributed by atoms with Gasteiger partial charge in [-0.05, 0) is 48.7 Å². The summed E-state index contributed by atoms with van der Waals surface area (Å²) in [5.74, 6) is 0.623. The first-order valence-electron chi connectivity index (χ1n) is 10.6. The van der Waals surface area contributed by atoms with Crippen LogP contribution in [0.1, 0.15) is 66.9 Å². The van der Waals surface area contributed by atoms with E-state index in [0.29, 0.717) is 11.3 Å². The highest BCUT2D eigenvalue weighted by Crippen LogP contribution is 2.44. The molecule has 1 heterocycles. The Labute approximate surface area is 177 Å². The van der Waals surface area contributed by atoms with Gasteiger partial charge in [-0.15, -0.1) is 0 Å². The first-order valence-corrected chi connectivity index (χ1v) is 10.6. The van der Waals surface area contributed by atoms with E-state index < -0.39 is 11.5 Å². The normalized spacial score (nSPS) is 15.1. The second-order valence-electron chi connectivity index (χ2n) is 8.06. The number of benzene rings is 2. The van der Waals surface area contributed by atoms with Crippen LogP contribution < -0.4 is 4.74 Å². The molecule has 0 aliphatic heterocycles. The molecule has 1 aromatic heterocycles. The van der Waals surface area contributed by atoms with Gasteiger partial charge in [0.2, 0.25) is 0 Å². The molecule has 4 rings (SSSR count). The summed E-state index contributed by atoms with van der Waals surface area (Å²) in [4.78, 5) is 16.8. The lowest BCUT2D eigenvalue weighted by Gasteiger charge is -2.32. The van der Waals surface area contributed by atoms with E-state index in [1.54, 1.807) is 6.07 Å². The molecule has 1 aliphatic carbocycles. The lowest BCUT2D eigenvalue weighted by atomic mass is 9.71. The van der Waals surface area contributed by atoms with E-state index in [-0.39, 0.29) is 25.4 Å². The summed E-state index contributed by atoms with van der Waals surface area (Å²) >= 11 is 0. The van der Waals surface area contributed by atoms with Crippen molar-refractivity contribution in [3.8, 4) is 5.75 Å². The maximum Gasteiger partial charge on any atom is 0.195 e. The first kappa shape index (κ1) is 22.1. The summed E-state index contributed by atoms with van der Waals surface area (Å²) in [6, 6.07) is 11.6. The zero-order chi connectivity index (χ0) is 22.1. The second kappa shape index (κ2) is 8.62. The minimum absolute atomic E-state index is 0.0197. The van der Waals surface area contributed by atoms with Gasteiger partial charge in [0.1, 0.15) is 12.4 Å². The van der Waals surface area contributed by atoms with E-state index in [1.807, 2.05) is 45.0 Å². The van der Waals surface area contributed by atoms with E-state index in [9.17, 15) is 9.90 Å². The maximum absolute atomic E-state index is 13.3. The largest absolute Gasteiger partial charge is 0.491 e. The molecule has 0 spiro atoms. The Morgan fingerprint density at radius 2 is 1.87 bits per heavy atom. The summed E-state index contributed by atoms with van der Waals surface area (Å²) in [7, 11) is 0. The number of hydrogen-bond acceptors (Lipinski definition) is 4. The summed E-state index contributed by atoms with van der Waals surface area (Å²) in [6.07, 6.45) is -0.452. The number of aromatic nitrogens is 1. The van der Waals surface area contributed by atoms with Crippen LogP contribution >= 0.6 is 0 Å². The number of carbonyl (C=O) groups excluding carboxylic acids is 1. The summed E-state index contributed by atoms with van der Waals surface area (Å²) in [5.41, 5.74) is 4.98. The van der Waals surface area contributed by atoms with Crippen molar-refractivity contribution >= 4 is 16.7 Å². The number of aliphatic hydroxyl groups is 2. The Balaban J connectivity index is 0.00000124. The van der Waals surface area contributed by atoms with Crippen molar-refractivity contribution in [1.82, 2.24) is 4.98 Å². The van der Waals surface area contributed by atoms with Gasteiger partial charge in [-0.1, -0.05) is 39.8 Å². The van der Waals surface area contributed by atoms with Crippen LogP contribution in [0.5, 0.6) is 5.75 Å². The van der Waals surface area contributed by atoms with Crippen molar-refractivity contribution < 1.29 is 19.7 Å². The standard InChI is InChI=1S/C23H25NO4.C2H6/c1-13-4-6-17-19(10-13)24-22-20(17)21(27)16-7-5-15(11-18(16)23(22,2)3)28-12-14(26)8-9-25;1-2/h4-7,10-11,14,24-26H,8-9,12H2,1-3H3;1-2H3/t14-;/m0./s1. The van der Waals surface area contributed by atoms with Gasteiger partial charge in [-0.3, -0.25) is 4.79 Å². The summed E-state index contributed by atoms with van der Waals surface area (Å²) in [6.45, 7) is 10.3. The third kappa shape index (κ3) is 3.75. The first-order chi connectivity index (χ1) is 14.3. The SMILES string of the molecule is CC.Cc1ccc2c3c([nH]c2c1)C(C)(C)c1cc(OC[C@@H](O)CCO)ccc1C3=O. The minimum atomic E-state index is -0.723. The Bertz CT molecular complexity index is 1060. The molecule has 0 fully saturated rings. The highest BCUT2D eigenvalue weighted by Gasteiger charge is 2.39. The number of rotatable bonds is 5. The van der Waals surface area contributed by atoms with Gasteiger partial charge in [-0.2, -0.15) is 0 Å². The van der Waals surface area contributed by atoms with Crippen LogP contribution in [0, 0.1) is 6.92 Å². The van der Waals surface area contributed by atoms with Crippen molar-refractivity contribution in [2.45, 2.75) is 52.6 Å². The molecule has 0 unspecified atom stereocenters. The average molecular weight is 410 g/mol. The fourth-order valence-corrected chi connectivity index (χ4v) is 4.04. The van der Waals surface area contributed by atoms with Gasteiger partial charge in [-0.25, -0.2) is 0 Å². The van der Waals surface area contributed by atoms with Gasteiger partial charge < -0.3 is 19.9 Å². The number of aryl methyl sites for hydroxylation is 1. The zero-order valence-electron chi connectivity index (χ0n) is 18.4. The smallest absolute Gasteiger partial charge is 0.195 e. The molecule has 30 heavy (non-hydrogen) atoms. The Morgan fingerprint density at radius 3 is 2.57 bits per heavy atom. The average Bonchev–Trinajstić information content (AvgIpc) is 3.12. The summed E-state index contributed by atoms with van der Waals surface area (Å²) < 4.78 is 5.70. The van der Waals surface area contributed by atoms with E-state index in [0.717, 1.165) is 33.3 Å². The van der Waals surface area contributed by atoms with Crippen molar-refractivity contribution in [3.05, 3.63) is 64.3 Å². The molecule has 0 amide bonds. The Kier molecular flexibility index (Phi) is 6.34. The molecule has 5 heteroatoms. The zero-order valence-corrected chi connectivity index (χ0v) is 18.4. The molecule has 5 nitrogen and oxygen atoms in total. The molecular formula is C25H31NO4. The molecule has 3 aromatic rings. The molecule has 2 aromatic carbocycles. The molecule has 1 atom stereocenters. The molecule has 3 N–H and O–H groups in total. The third-order valence-corrected chi connectivity index (χ3v) is 5.62. The number of aromatic amines is 1. The van der Waals surface area contributed by atoms with Crippen molar-refractivity contribution in [2.75, 3.05) is 13.2 Å². The molecule has 0 saturated heterocycles. The predicted octanol–water partition coefficient (Wildman–Crippen LogP) is 4.49. The number of hydrogen-bond donors (Lipinski definition) is 3. The predicted molar refractivity (Wildman–Crippen MR) is 120 cm³/mol. The molecular weight excluding hydrogens is 378 g/mol. The number of nitrogens with one attached hydrogen (secondary N) is 1. The fraction of sp³-hybridized carbons (Fsp3) is 0.400. The number of carbonyl (C=O) groups is 1. The number of H-pyrrole nitrogens is 1. The van der Waals surface area contributed by atoms with Crippen molar-refractivity contribution in [3.63, 3.8) is 0 Å². The molecule has 160 valence electrons. The number of ketones is 1. The van der Waals surface area contributed by atoms with Crippen molar-refractivity contribution in [1.29, 1.82) is 0 Å². The van der Waals surface area contributed by atoms with Crippen LogP contribution in [-0.4, -0.2) is 40.3 Å². The van der Waals surface area contributed by atoms with Gasteiger partial charge in [0, 0.05) is 34.2 Å². The van der Waals surface area contributed by atoms with Crippen molar-refractivity contribution in [2.24, 2.45) is 0 Å². The lowest BCUT2D eigenvalue weighted by molar-refractivity contribution is 0.0820. The van der Waals surface area contributed by atoms with Gasteiger partial charge in [0.15, 0.2) is 5.78 Å². The molecule has 0 saturated carbocycles. The van der Waals surface area contributed by atoms with E-state index in [4.69, 9.17) is 9.84 Å². The van der Waals surface area contributed by atoms with Gasteiger partial charge >= 0.3 is 0 Å². The topological polar surface area (TPSA) is 82.6 Å². The van der Waals surface area contributed by atoms with Crippen LogP contribution in [0.4, 0.5) is 0 Å². The number of ether oxygens (including phenoxy) is 1. The Morgan fingerprint density at radius 1 is 1.13 bits per heavy atom. The molecule has 0 bridgehead atoms. The fourth-order valence-electron chi connectivity index (χ4n) is 4.04. The van der Waals surface area contributed by atoms with Crippen LogP contribution in [0.2, 0.25) is 0 Å². The Hall–Kier alpha value is -2.63. The van der Waals surface area contributed by atoms with E-state index in [1.165, 1.54) is 0 Å². The van der Waals surface area contributed by atoms with E-state index in [2.05, 4.69) is 24.9 Å². The maximum atomic E-state index is 13.3. The quantitative estimate of drug-likeness (QED) is 0.580. The lowest BCUT2D eigenvalue weighted by Crippen LogP contribution is -2.30. The monoisotopic (exact) mass is 409 g/mol.